The SMILES string of the molecule is CONC1COC(C)(C)OC1. The minimum absolute atomic E-state index is 0.146. The van der Waals surface area contributed by atoms with E-state index in [2.05, 4.69) is 5.48 Å². The van der Waals surface area contributed by atoms with Crippen LogP contribution >= 0.6 is 0 Å². The maximum Gasteiger partial charge on any atom is 0.162 e. The van der Waals surface area contributed by atoms with Gasteiger partial charge in [0, 0.05) is 0 Å². The largest absolute Gasteiger partial charge is 0.349 e. The Morgan fingerprint density at radius 1 is 1.36 bits per heavy atom. The van der Waals surface area contributed by atoms with Gasteiger partial charge in [-0.15, -0.1) is 0 Å². The molecule has 0 aliphatic carbocycles. The van der Waals surface area contributed by atoms with E-state index < -0.39 is 5.79 Å². The smallest absolute Gasteiger partial charge is 0.162 e. The van der Waals surface area contributed by atoms with Crippen molar-refractivity contribution in [1.29, 1.82) is 0 Å². The van der Waals surface area contributed by atoms with Crippen molar-refractivity contribution >= 4 is 0 Å². The van der Waals surface area contributed by atoms with Gasteiger partial charge in [-0.05, 0) is 13.8 Å². The molecule has 0 bridgehead atoms. The van der Waals surface area contributed by atoms with Gasteiger partial charge in [0.15, 0.2) is 5.79 Å². The van der Waals surface area contributed by atoms with Gasteiger partial charge in [-0.2, -0.15) is 5.48 Å². The predicted molar refractivity (Wildman–Crippen MR) is 39.9 cm³/mol. The first-order chi connectivity index (χ1) is 5.14. The summed E-state index contributed by atoms with van der Waals surface area (Å²) in [4.78, 5) is 4.74. The monoisotopic (exact) mass is 161 g/mol. The lowest BCUT2D eigenvalue weighted by atomic mass is 10.3. The van der Waals surface area contributed by atoms with Crippen LogP contribution in [0.3, 0.4) is 0 Å². The van der Waals surface area contributed by atoms with E-state index in [-0.39, 0.29) is 6.04 Å². The summed E-state index contributed by atoms with van der Waals surface area (Å²) < 4.78 is 10.7. The summed E-state index contributed by atoms with van der Waals surface area (Å²) >= 11 is 0. The first-order valence-corrected chi connectivity index (χ1v) is 3.70. The van der Waals surface area contributed by atoms with Gasteiger partial charge in [-0.25, -0.2) is 0 Å². The maximum absolute atomic E-state index is 5.37. The van der Waals surface area contributed by atoms with Gasteiger partial charge in [-0.3, -0.25) is 0 Å². The van der Waals surface area contributed by atoms with Gasteiger partial charge < -0.3 is 14.3 Å². The number of rotatable bonds is 2. The van der Waals surface area contributed by atoms with Crippen molar-refractivity contribution in [3.8, 4) is 0 Å². The third-order valence-electron chi connectivity index (χ3n) is 1.55. The zero-order chi connectivity index (χ0) is 8.32. The number of nitrogens with one attached hydrogen (secondary N) is 1. The van der Waals surface area contributed by atoms with Gasteiger partial charge in [0.1, 0.15) is 0 Å². The molecule has 1 N–H and O–H groups in total. The minimum Gasteiger partial charge on any atom is -0.349 e. The molecule has 1 saturated heterocycles. The fourth-order valence-electron chi connectivity index (χ4n) is 0.927. The Labute approximate surface area is 66.8 Å². The molecule has 0 aromatic heterocycles. The van der Waals surface area contributed by atoms with Crippen LogP contribution in [0.25, 0.3) is 0 Å². The molecule has 0 spiro atoms. The second kappa shape index (κ2) is 3.49. The van der Waals surface area contributed by atoms with E-state index in [1.807, 2.05) is 13.8 Å². The number of hydrogen-bond acceptors (Lipinski definition) is 4. The highest BCUT2D eigenvalue weighted by molar-refractivity contribution is 4.69. The first-order valence-electron chi connectivity index (χ1n) is 3.70. The summed E-state index contributed by atoms with van der Waals surface area (Å²) in [5.74, 6) is -0.439. The molecular weight excluding hydrogens is 146 g/mol. The van der Waals surface area contributed by atoms with E-state index in [9.17, 15) is 0 Å². The molecule has 0 atom stereocenters. The fraction of sp³-hybridized carbons (Fsp3) is 1.00. The van der Waals surface area contributed by atoms with Crippen molar-refractivity contribution in [1.82, 2.24) is 5.48 Å². The van der Waals surface area contributed by atoms with Crippen LogP contribution in [0.1, 0.15) is 13.8 Å². The molecule has 1 rings (SSSR count). The van der Waals surface area contributed by atoms with Gasteiger partial charge in [0.25, 0.3) is 0 Å². The van der Waals surface area contributed by atoms with Crippen LogP contribution in [-0.4, -0.2) is 32.2 Å². The summed E-state index contributed by atoms with van der Waals surface area (Å²) in [6.45, 7) is 5.05. The molecule has 0 aromatic carbocycles. The van der Waals surface area contributed by atoms with Crippen LogP contribution in [0.2, 0.25) is 0 Å². The van der Waals surface area contributed by atoms with E-state index in [4.69, 9.17) is 14.3 Å². The van der Waals surface area contributed by atoms with Crippen molar-refractivity contribution in [3.63, 3.8) is 0 Å². The number of hydroxylamine groups is 1. The third kappa shape index (κ3) is 2.75. The third-order valence-corrected chi connectivity index (χ3v) is 1.55. The lowest BCUT2D eigenvalue weighted by Crippen LogP contribution is -2.48. The van der Waals surface area contributed by atoms with E-state index >= 15 is 0 Å². The summed E-state index contributed by atoms with van der Waals surface area (Å²) in [6, 6.07) is 0.146. The molecule has 0 radical (unpaired) electrons. The van der Waals surface area contributed by atoms with E-state index in [1.54, 1.807) is 7.11 Å². The van der Waals surface area contributed by atoms with Crippen molar-refractivity contribution in [2.75, 3.05) is 20.3 Å². The first kappa shape index (κ1) is 8.93. The Morgan fingerprint density at radius 2 is 1.91 bits per heavy atom. The van der Waals surface area contributed by atoms with Gasteiger partial charge in [0.05, 0.1) is 26.4 Å². The molecule has 4 heteroatoms. The average molecular weight is 161 g/mol. The molecule has 0 aromatic rings. The molecule has 0 unspecified atom stereocenters. The topological polar surface area (TPSA) is 39.7 Å². The molecule has 0 saturated carbocycles. The Hall–Kier alpha value is -0.160. The van der Waals surface area contributed by atoms with Gasteiger partial charge >= 0.3 is 0 Å². The van der Waals surface area contributed by atoms with E-state index in [0.29, 0.717) is 13.2 Å². The second-order valence-corrected chi connectivity index (χ2v) is 3.04. The number of hydrogen-bond donors (Lipinski definition) is 1. The molecular formula is C7H15NO3. The van der Waals surface area contributed by atoms with Crippen LogP contribution < -0.4 is 5.48 Å². The average Bonchev–Trinajstić information content (AvgIpc) is 1.94. The van der Waals surface area contributed by atoms with Crippen LogP contribution in [0.4, 0.5) is 0 Å². The van der Waals surface area contributed by atoms with E-state index in [0.717, 1.165) is 0 Å². The summed E-state index contributed by atoms with van der Waals surface area (Å²) in [6.07, 6.45) is 0. The zero-order valence-corrected chi connectivity index (χ0v) is 7.22. The summed E-state index contributed by atoms with van der Waals surface area (Å²) in [5, 5.41) is 0. The molecule has 4 nitrogen and oxygen atoms in total. The van der Waals surface area contributed by atoms with Crippen molar-refractivity contribution in [3.05, 3.63) is 0 Å². The summed E-state index contributed by atoms with van der Waals surface area (Å²) in [7, 11) is 1.58. The van der Waals surface area contributed by atoms with Crippen LogP contribution in [0.15, 0.2) is 0 Å². The molecule has 0 amide bonds. The molecule has 1 heterocycles. The second-order valence-electron chi connectivity index (χ2n) is 3.04. The number of ether oxygens (including phenoxy) is 2. The maximum atomic E-state index is 5.37. The Kier molecular flexibility index (Phi) is 2.84. The zero-order valence-electron chi connectivity index (χ0n) is 7.22. The summed E-state index contributed by atoms with van der Waals surface area (Å²) in [5.41, 5.74) is 2.77. The normalized spacial score (nSPS) is 25.4. The Morgan fingerprint density at radius 3 is 2.36 bits per heavy atom. The minimum atomic E-state index is -0.439. The Bertz CT molecular complexity index is 117. The van der Waals surface area contributed by atoms with Crippen molar-refractivity contribution in [2.24, 2.45) is 0 Å². The Balaban J connectivity index is 2.25. The molecule has 1 fully saturated rings. The molecule has 1 aliphatic rings. The van der Waals surface area contributed by atoms with Gasteiger partial charge in [-0.1, -0.05) is 0 Å². The van der Waals surface area contributed by atoms with Crippen molar-refractivity contribution in [2.45, 2.75) is 25.7 Å². The highest BCUT2D eigenvalue weighted by Gasteiger charge is 2.27. The fourth-order valence-corrected chi connectivity index (χ4v) is 0.927. The lowest BCUT2D eigenvalue weighted by molar-refractivity contribution is -0.261. The quantitative estimate of drug-likeness (QED) is 0.591. The van der Waals surface area contributed by atoms with Crippen molar-refractivity contribution < 1.29 is 14.3 Å². The van der Waals surface area contributed by atoms with E-state index in [1.165, 1.54) is 0 Å². The van der Waals surface area contributed by atoms with Gasteiger partial charge in [0.2, 0.25) is 0 Å². The molecule has 11 heavy (non-hydrogen) atoms. The molecule has 66 valence electrons. The van der Waals surface area contributed by atoms with Crippen LogP contribution in [-0.2, 0) is 14.3 Å². The van der Waals surface area contributed by atoms with Crippen LogP contribution in [0, 0.1) is 0 Å². The highest BCUT2D eigenvalue weighted by atomic mass is 16.7. The van der Waals surface area contributed by atoms with Crippen LogP contribution in [0.5, 0.6) is 0 Å². The predicted octanol–water partition coefficient (Wildman–Crippen LogP) is 0.289. The molecule has 1 aliphatic heterocycles. The highest BCUT2D eigenvalue weighted by Crippen LogP contribution is 2.16. The lowest BCUT2D eigenvalue weighted by Gasteiger charge is -2.34. The standard InChI is InChI=1S/C7H15NO3/c1-7(2)10-4-6(5-11-7)8-9-3/h6,8H,4-5H2,1-3H3.